The molecule has 0 spiro atoms. The van der Waals surface area contributed by atoms with E-state index in [0.717, 1.165) is 24.3 Å². The van der Waals surface area contributed by atoms with E-state index in [-0.39, 0.29) is 22.3 Å². The molecule has 4 nitrogen and oxygen atoms in total. The van der Waals surface area contributed by atoms with Crippen LogP contribution in [0.25, 0.3) is 0 Å². The van der Waals surface area contributed by atoms with Gasteiger partial charge in [0, 0.05) is 24.3 Å². The van der Waals surface area contributed by atoms with E-state index >= 15 is 0 Å². The molecular weight excluding hydrogens is 246 g/mol. The van der Waals surface area contributed by atoms with Crippen molar-refractivity contribution in [2.45, 2.75) is 25.8 Å². The van der Waals surface area contributed by atoms with Crippen LogP contribution in [0.5, 0.6) is 0 Å². The molecule has 2 fully saturated rings. The van der Waals surface area contributed by atoms with E-state index in [9.17, 15) is 14.7 Å². The van der Waals surface area contributed by atoms with Gasteiger partial charge in [-0.15, -0.1) is 0 Å². The minimum atomic E-state index is -0.961. The molecule has 0 bridgehead atoms. The fraction of sp³-hybridized carbons (Fsp3) is 0.800. The highest BCUT2D eigenvalue weighted by molar-refractivity contribution is 8.77. The van der Waals surface area contributed by atoms with E-state index in [1.54, 1.807) is 21.6 Å². The number of hydrogen-bond acceptors (Lipinski definition) is 4. The van der Waals surface area contributed by atoms with Gasteiger partial charge in [-0.3, -0.25) is 0 Å². The molecule has 2 amide bonds. The Morgan fingerprint density at radius 3 is 2.38 bits per heavy atom. The number of quaternary nitrogens is 1. The maximum absolute atomic E-state index is 12.4. The maximum atomic E-state index is 12.4. The number of nitrogens with zero attached hydrogens (tertiary/aromatic N) is 1. The number of amides is 2. The highest BCUT2D eigenvalue weighted by Gasteiger charge is 2.55. The molecule has 0 saturated carbocycles. The average Bonchev–Trinajstić information content (AvgIpc) is 2.85. The summed E-state index contributed by atoms with van der Waals surface area (Å²) < 4.78 is -0.328. The summed E-state index contributed by atoms with van der Waals surface area (Å²) in [7, 11) is 3.35. The first-order valence-electron chi connectivity index (χ1n) is 5.49. The first-order valence-corrected chi connectivity index (χ1v) is 7.98. The molecule has 16 heavy (non-hydrogen) atoms. The van der Waals surface area contributed by atoms with Crippen LogP contribution < -0.4 is 0 Å². The minimum absolute atomic E-state index is 0.0689. The number of likely N-dealkylation sites (tertiary alicyclic amines) is 1. The number of carbonyl (C=O) groups excluding carboxylic acids is 1. The van der Waals surface area contributed by atoms with Gasteiger partial charge in [0.15, 0.2) is 0 Å². The lowest BCUT2D eigenvalue weighted by atomic mass is 10.1. The summed E-state index contributed by atoms with van der Waals surface area (Å²) in [5, 5.41) is 9.40. The third kappa shape index (κ3) is 1.76. The van der Waals surface area contributed by atoms with Crippen molar-refractivity contribution in [3.8, 4) is 0 Å². The summed E-state index contributed by atoms with van der Waals surface area (Å²) in [4.78, 5) is 23.9. The Balaban J connectivity index is 2.25. The van der Waals surface area contributed by atoms with Gasteiger partial charge >= 0.3 is 12.0 Å². The minimum Gasteiger partial charge on any atom is -0.435 e. The Labute approximate surface area is 103 Å². The zero-order valence-electron chi connectivity index (χ0n) is 9.22. The van der Waals surface area contributed by atoms with Gasteiger partial charge in [0.2, 0.25) is 0 Å². The van der Waals surface area contributed by atoms with E-state index in [2.05, 4.69) is 0 Å². The normalized spacial score (nSPS) is 35.4. The Morgan fingerprint density at radius 1 is 1.31 bits per heavy atom. The topological polar surface area (TPSA) is 54.4 Å². The molecule has 0 radical (unpaired) electrons. The second-order valence-electron chi connectivity index (χ2n) is 4.47. The number of carboxylic acid groups (broad SMARTS) is 1. The molecule has 0 aromatic heterocycles. The Morgan fingerprint density at radius 2 is 1.94 bits per heavy atom. The molecule has 0 aromatic rings. The standard InChI is InChI=1S/C10H15NO3S2/c1-7-3-2-4-11(7,10(13)14)9(12)8-5-15-16-6-8/h7-8H,2-6H2,1H3/p+1/t7-,11?/m1/s1. The lowest BCUT2D eigenvalue weighted by Gasteiger charge is -2.31. The molecule has 0 aliphatic carbocycles. The number of carbonyl (C=O) groups is 2. The Kier molecular flexibility index (Phi) is 3.51. The quantitative estimate of drug-likeness (QED) is 0.580. The lowest BCUT2D eigenvalue weighted by molar-refractivity contribution is -0.793. The second-order valence-corrected chi connectivity index (χ2v) is 7.02. The Hall–Kier alpha value is -0.200. The zero-order valence-corrected chi connectivity index (χ0v) is 10.9. The Bertz CT molecular complexity index is 317. The monoisotopic (exact) mass is 262 g/mol. The van der Waals surface area contributed by atoms with Crippen molar-refractivity contribution < 1.29 is 19.2 Å². The van der Waals surface area contributed by atoms with Crippen LogP contribution in [0, 0.1) is 5.92 Å². The molecule has 2 aliphatic heterocycles. The molecule has 2 atom stereocenters. The molecule has 2 saturated heterocycles. The van der Waals surface area contributed by atoms with Gasteiger partial charge in [0.25, 0.3) is 0 Å². The van der Waals surface area contributed by atoms with Crippen molar-refractivity contribution in [2.75, 3.05) is 18.1 Å². The molecular formula is C10H16NO3S2+. The SMILES string of the molecule is C[C@@H]1CCC[N+]1(C(=O)O)C(=O)C1CSSC1. The highest BCUT2D eigenvalue weighted by atomic mass is 33.1. The smallest absolute Gasteiger partial charge is 0.435 e. The van der Waals surface area contributed by atoms with Gasteiger partial charge in [-0.05, 0) is 6.92 Å². The van der Waals surface area contributed by atoms with E-state index in [1.165, 1.54) is 0 Å². The first kappa shape index (κ1) is 12.3. The molecule has 6 heteroatoms. The third-order valence-electron chi connectivity index (χ3n) is 3.59. The zero-order chi connectivity index (χ0) is 11.8. The van der Waals surface area contributed by atoms with Crippen LogP contribution in [-0.2, 0) is 4.79 Å². The van der Waals surface area contributed by atoms with Crippen molar-refractivity contribution in [3.63, 3.8) is 0 Å². The van der Waals surface area contributed by atoms with E-state index in [4.69, 9.17) is 0 Å². The van der Waals surface area contributed by atoms with E-state index in [1.807, 2.05) is 6.92 Å². The second kappa shape index (κ2) is 4.58. The fourth-order valence-corrected chi connectivity index (χ4v) is 5.31. The van der Waals surface area contributed by atoms with Crippen molar-refractivity contribution in [1.29, 1.82) is 0 Å². The maximum Gasteiger partial charge on any atom is 0.521 e. The number of imide groups is 1. The average molecular weight is 262 g/mol. The van der Waals surface area contributed by atoms with Gasteiger partial charge < -0.3 is 5.11 Å². The van der Waals surface area contributed by atoms with Crippen LogP contribution in [0.3, 0.4) is 0 Å². The summed E-state index contributed by atoms with van der Waals surface area (Å²) in [6, 6.07) is -0.0689. The van der Waals surface area contributed by atoms with Crippen LogP contribution >= 0.6 is 21.6 Å². The molecule has 1 unspecified atom stereocenters. The van der Waals surface area contributed by atoms with Crippen molar-refractivity contribution in [3.05, 3.63) is 0 Å². The van der Waals surface area contributed by atoms with E-state index in [0.29, 0.717) is 6.54 Å². The molecule has 0 aromatic carbocycles. The number of rotatable bonds is 1. The third-order valence-corrected chi connectivity index (χ3v) is 6.15. The lowest BCUT2D eigenvalue weighted by Crippen LogP contribution is -2.60. The fourth-order valence-electron chi connectivity index (χ4n) is 2.56. The molecule has 1 N–H and O–H groups in total. The van der Waals surface area contributed by atoms with Crippen molar-refractivity contribution >= 4 is 33.6 Å². The predicted molar refractivity (Wildman–Crippen MR) is 65.3 cm³/mol. The van der Waals surface area contributed by atoms with Crippen molar-refractivity contribution in [2.24, 2.45) is 5.92 Å². The van der Waals surface area contributed by atoms with Gasteiger partial charge in [-0.1, -0.05) is 21.6 Å². The molecule has 2 rings (SSSR count). The van der Waals surface area contributed by atoms with Crippen LogP contribution in [-0.4, -0.2) is 45.7 Å². The first-order chi connectivity index (χ1) is 7.59. The van der Waals surface area contributed by atoms with Crippen molar-refractivity contribution in [1.82, 2.24) is 0 Å². The molecule has 2 heterocycles. The predicted octanol–water partition coefficient (Wildman–Crippen LogP) is 2.20. The summed E-state index contributed by atoms with van der Waals surface area (Å²) in [6.45, 7) is 2.36. The van der Waals surface area contributed by atoms with Crippen LogP contribution in [0.15, 0.2) is 0 Å². The van der Waals surface area contributed by atoms with Crippen LogP contribution in [0.4, 0.5) is 4.79 Å². The molecule has 90 valence electrons. The largest absolute Gasteiger partial charge is 0.521 e. The molecule has 2 aliphatic rings. The summed E-state index contributed by atoms with van der Waals surface area (Å²) >= 11 is 0. The van der Waals surface area contributed by atoms with Crippen LogP contribution in [0.1, 0.15) is 19.8 Å². The van der Waals surface area contributed by atoms with Gasteiger partial charge in [-0.25, -0.2) is 4.79 Å². The van der Waals surface area contributed by atoms with E-state index < -0.39 is 6.09 Å². The summed E-state index contributed by atoms with van der Waals surface area (Å²) in [5.74, 6) is 1.38. The summed E-state index contributed by atoms with van der Waals surface area (Å²) in [5.41, 5.74) is 0. The van der Waals surface area contributed by atoms with Gasteiger partial charge in [0.05, 0.1) is 12.5 Å². The number of hydrogen-bond donors (Lipinski definition) is 1. The van der Waals surface area contributed by atoms with Gasteiger partial charge in [0.1, 0.15) is 6.04 Å². The summed E-state index contributed by atoms with van der Waals surface area (Å²) in [6.07, 6.45) is 0.717. The highest BCUT2D eigenvalue weighted by Crippen LogP contribution is 2.39. The van der Waals surface area contributed by atoms with Gasteiger partial charge in [-0.2, -0.15) is 9.28 Å². The van der Waals surface area contributed by atoms with Crippen LogP contribution in [0.2, 0.25) is 0 Å².